The second-order valence-electron chi connectivity index (χ2n) is 5.74. The maximum absolute atomic E-state index is 12.2. The summed E-state index contributed by atoms with van der Waals surface area (Å²) in [5.41, 5.74) is 1.73. The summed E-state index contributed by atoms with van der Waals surface area (Å²) in [6, 6.07) is 13.8. The van der Waals surface area contributed by atoms with Gasteiger partial charge in [0.15, 0.2) is 0 Å². The Morgan fingerprint density at radius 2 is 2.04 bits per heavy atom. The molecule has 0 saturated heterocycles. The SMILES string of the molecule is CN(CCCNC(=O)c1ccc(-n2ccnc2)nc1)c1ccccc1. The lowest BCUT2D eigenvalue weighted by Crippen LogP contribution is -2.28. The Morgan fingerprint density at radius 1 is 1.20 bits per heavy atom. The van der Waals surface area contributed by atoms with Crippen molar-refractivity contribution in [2.45, 2.75) is 6.42 Å². The molecule has 2 aromatic heterocycles. The summed E-state index contributed by atoms with van der Waals surface area (Å²) in [5, 5.41) is 2.94. The van der Waals surface area contributed by atoms with E-state index in [4.69, 9.17) is 0 Å². The minimum Gasteiger partial charge on any atom is -0.375 e. The van der Waals surface area contributed by atoms with Crippen molar-refractivity contribution < 1.29 is 4.79 Å². The average molecular weight is 335 g/mol. The summed E-state index contributed by atoms with van der Waals surface area (Å²) in [7, 11) is 2.05. The van der Waals surface area contributed by atoms with Crippen molar-refractivity contribution in [2.24, 2.45) is 0 Å². The van der Waals surface area contributed by atoms with Gasteiger partial charge in [0.2, 0.25) is 0 Å². The second kappa shape index (κ2) is 8.10. The third kappa shape index (κ3) is 4.44. The Bertz CT molecular complexity index is 784. The van der Waals surface area contributed by atoms with Gasteiger partial charge in [-0.05, 0) is 30.7 Å². The van der Waals surface area contributed by atoms with Gasteiger partial charge in [0.05, 0.1) is 5.56 Å². The molecule has 1 N–H and O–H groups in total. The molecule has 0 aliphatic rings. The normalized spacial score (nSPS) is 10.4. The number of hydrogen-bond acceptors (Lipinski definition) is 4. The van der Waals surface area contributed by atoms with Gasteiger partial charge in [0.25, 0.3) is 5.91 Å². The van der Waals surface area contributed by atoms with Gasteiger partial charge in [0.1, 0.15) is 12.1 Å². The Balaban J connectivity index is 1.45. The zero-order chi connectivity index (χ0) is 17.5. The van der Waals surface area contributed by atoms with E-state index >= 15 is 0 Å². The molecule has 1 amide bonds. The summed E-state index contributed by atoms with van der Waals surface area (Å²) in [5.74, 6) is 0.630. The van der Waals surface area contributed by atoms with Crippen molar-refractivity contribution in [2.75, 3.05) is 25.0 Å². The van der Waals surface area contributed by atoms with Crippen molar-refractivity contribution in [3.8, 4) is 5.82 Å². The minimum absolute atomic E-state index is 0.105. The quantitative estimate of drug-likeness (QED) is 0.674. The van der Waals surface area contributed by atoms with Gasteiger partial charge < -0.3 is 10.2 Å². The third-order valence-corrected chi connectivity index (χ3v) is 3.93. The van der Waals surface area contributed by atoms with Crippen molar-refractivity contribution >= 4 is 11.6 Å². The van der Waals surface area contributed by atoms with Crippen LogP contribution in [0.2, 0.25) is 0 Å². The molecule has 0 radical (unpaired) electrons. The van der Waals surface area contributed by atoms with Crippen LogP contribution >= 0.6 is 0 Å². The maximum Gasteiger partial charge on any atom is 0.252 e. The summed E-state index contributed by atoms with van der Waals surface area (Å²) >= 11 is 0. The fourth-order valence-corrected chi connectivity index (χ4v) is 2.50. The Kier molecular flexibility index (Phi) is 5.41. The number of anilines is 1. The van der Waals surface area contributed by atoms with Gasteiger partial charge in [-0.2, -0.15) is 0 Å². The number of pyridine rings is 1. The zero-order valence-corrected chi connectivity index (χ0v) is 14.2. The van der Waals surface area contributed by atoms with Crippen LogP contribution < -0.4 is 10.2 Å². The van der Waals surface area contributed by atoms with Crippen LogP contribution in [0.5, 0.6) is 0 Å². The summed E-state index contributed by atoms with van der Waals surface area (Å²) in [6.45, 7) is 1.50. The smallest absolute Gasteiger partial charge is 0.252 e. The first-order valence-electron chi connectivity index (χ1n) is 8.23. The maximum atomic E-state index is 12.2. The van der Waals surface area contributed by atoms with E-state index < -0.39 is 0 Å². The van der Waals surface area contributed by atoms with Crippen LogP contribution in [0.4, 0.5) is 5.69 Å². The highest BCUT2D eigenvalue weighted by atomic mass is 16.1. The average Bonchev–Trinajstić information content (AvgIpc) is 3.20. The molecule has 25 heavy (non-hydrogen) atoms. The highest BCUT2D eigenvalue weighted by Gasteiger charge is 2.07. The van der Waals surface area contributed by atoms with Crippen LogP contribution in [0, 0.1) is 0 Å². The first-order valence-corrected chi connectivity index (χ1v) is 8.23. The van der Waals surface area contributed by atoms with Crippen LogP contribution in [0.25, 0.3) is 5.82 Å². The van der Waals surface area contributed by atoms with Gasteiger partial charge >= 0.3 is 0 Å². The lowest BCUT2D eigenvalue weighted by molar-refractivity contribution is 0.0953. The fraction of sp³-hybridized carbons (Fsp3) is 0.211. The van der Waals surface area contributed by atoms with Crippen LogP contribution in [0.1, 0.15) is 16.8 Å². The van der Waals surface area contributed by atoms with E-state index in [9.17, 15) is 4.79 Å². The molecule has 6 nitrogen and oxygen atoms in total. The van der Waals surface area contributed by atoms with Gasteiger partial charge in [0, 0.05) is 44.4 Å². The third-order valence-electron chi connectivity index (χ3n) is 3.93. The standard InChI is InChI=1S/C19H21N5O/c1-23(17-6-3-2-4-7-17)12-5-10-21-19(25)16-8-9-18(22-14-16)24-13-11-20-15-24/h2-4,6-9,11,13-15H,5,10,12H2,1H3,(H,21,25). The molecule has 0 bridgehead atoms. The molecule has 1 aromatic carbocycles. The van der Waals surface area contributed by atoms with Gasteiger partial charge in [-0.15, -0.1) is 0 Å². The number of hydrogen-bond donors (Lipinski definition) is 1. The van der Waals surface area contributed by atoms with Crippen molar-refractivity contribution in [3.05, 3.63) is 72.9 Å². The molecular weight excluding hydrogens is 314 g/mol. The number of benzene rings is 1. The Morgan fingerprint density at radius 3 is 2.72 bits per heavy atom. The number of carbonyl (C=O) groups is 1. The molecule has 0 aliphatic carbocycles. The molecular formula is C19H21N5O. The van der Waals surface area contributed by atoms with E-state index in [-0.39, 0.29) is 5.91 Å². The Hall–Kier alpha value is -3.15. The lowest BCUT2D eigenvalue weighted by atomic mass is 10.2. The molecule has 2 heterocycles. The molecule has 0 unspecified atom stereocenters. The summed E-state index contributed by atoms with van der Waals surface area (Å²) < 4.78 is 1.79. The number of nitrogens with zero attached hydrogens (tertiary/aromatic N) is 4. The number of imidazole rings is 1. The van der Waals surface area contributed by atoms with Crippen LogP contribution in [-0.4, -0.2) is 40.6 Å². The molecule has 0 fully saturated rings. The van der Waals surface area contributed by atoms with E-state index in [0.29, 0.717) is 12.1 Å². The lowest BCUT2D eigenvalue weighted by Gasteiger charge is -2.19. The largest absolute Gasteiger partial charge is 0.375 e. The number of amides is 1. The number of aromatic nitrogens is 3. The van der Waals surface area contributed by atoms with Crippen LogP contribution in [0.15, 0.2) is 67.4 Å². The number of nitrogens with one attached hydrogen (secondary N) is 1. The fourth-order valence-electron chi connectivity index (χ4n) is 2.50. The van der Waals surface area contributed by atoms with Crippen LogP contribution in [-0.2, 0) is 0 Å². The molecule has 128 valence electrons. The predicted molar refractivity (Wildman–Crippen MR) is 98.0 cm³/mol. The van der Waals surface area contributed by atoms with Gasteiger partial charge in [-0.25, -0.2) is 9.97 Å². The molecule has 0 spiro atoms. The minimum atomic E-state index is -0.105. The summed E-state index contributed by atoms with van der Waals surface area (Å²) in [4.78, 5) is 22.6. The molecule has 0 atom stereocenters. The van der Waals surface area contributed by atoms with Crippen molar-refractivity contribution in [1.29, 1.82) is 0 Å². The van der Waals surface area contributed by atoms with Crippen molar-refractivity contribution in [1.82, 2.24) is 19.9 Å². The highest BCUT2D eigenvalue weighted by molar-refractivity contribution is 5.93. The van der Waals surface area contributed by atoms with E-state index in [1.807, 2.05) is 24.4 Å². The highest BCUT2D eigenvalue weighted by Crippen LogP contribution is 2.10. The predicted octanol–water partition coefficient (Wildman–Crippen LogP) is 2.52. The Labute approximate surface area is 147 Å². The first kappa shape index (κ1) is 16.7. The van der Waals surface area contributed by atoms with Crippen LogP contribution in [0.3, 0.4) is 0 Å². The number of rotatable bonds is 7. The first-order chi connectivity index (χ1) is 12.2. The molecule has 0 saturated carbocycles. The molecule has 3 rings (SSSR count). The van der Waals surface area contributed by atoms with Crippen molar-refractivity contribution in [3.63, 3.8) is 0 Å². The monoisotopic (exact) mass is 335 g/mol. The molecule has 3 aromatic rings. The van der Waals surface area contributed by atoms with E-state index in [1.165, 1.54) is 5.69 Å². The van der Waals surface area contributed by atoms with E-state index in [2.05, 4.69) is 39.4 Å². The second-order valence-corrected chi connectivity index (χ2v) is 5.74. The van der Waals surface area contributed by atoms with E-state index in [1.54, 1.807) is 35.4 Å². The van der Waals surface area contributed by atoms with Gasteiger partial charge in [-0.3, -0.25) is 9.36 Å². The topological polar surface area (TPSA) is 63.1 Å². The zero-order valence-electron chi connectivity index (χ0n) is 14.2. The number of para-hydroxylation sites is 1. The summed E-state index contributed by atoms with van der Waals surface area (Å²) in [6.07, 6.45) is 7.63. The molecule has 0 aliphatic heterocycles. The molecule has 6 heteroatoms. The van der Waals surface area contributed by atoms with Gasteiger partial charge in [-0.1, -0.05) is 18.2 Å². The number of carbonyl (C=O) groups excluding carboxylic acids is 1. The van der Waals surface area contributed by atoms with E-state index in [0.717, 1.165) is 18.8 Å².